The van der Waals surface area contributed by atoms with Gasteiger partial charge in [-0.3, -0.25) is 4.79 Å². The summed E-state index contributed by atoms with van der Waals surface area (Å²) < 4.78 is 10.5. The molecule has 0 aromatic heterocycles. The molecule has 1 aromatic rings. The Morgan fingerprint density at radius 3 is 2.43 bits per heavy atom. The molecule has 21 heavy (non-hydrogen) atoms. The van der Waals surface area contributed by atoms with Crippen molar-refractivity contribution in [3.05, 3.63) is 23.8 Å². The third-order valence-corrected chi connectivity index (χ3v) is 4.25. The maximum atomic E-state index is 12.7. The van der Waals surface area contributed by atoms with Gasteiger partial charge in [0.2, 0.25) is 0 Å². The number of hydrogen-bond donors (Lipinski definition) is 1. The van der Waals surface area contributed by atoms with E-state index >= 15 is 0 Å². The van der Waals surface area contributed by atoms with Crippen LogP contribution in [0, 0.1) is 0 Å². The van der Waals surface area contributed by atoms with E-state index in [9.17, 15) is 4.79 Å². The highest BCUT2D eigenvalue weighted by molar-refractivity contribution is 5.97. The Kier molecular flexibility index (Phi) is 5.07. The maximum Gasteiger partial charge on any atom is 0.257 e. The third-order valence-electron chi connectivity index (χ3n) is 4.25. The van der Waals surface area contributed by atoms with Crippen LogP contribution >= 0.6 is 0 Å². The SMILES string of the molecule is COc1ccc(OC)c(C(=O)N(C)C2CCC(N)CC2)c1. The number of nitrogens with zero attached hydrogens (tertiary/aromatic N) is 1. The Morgan fingerprint density at radius 2 is 1.86 bits per heavy atom. The first-order valence-corrected chi connectivity index (χ1v) is 7.31. The fourth-order valence-electron chi connectivity index (χ4n) is 2.83. The number of carbonyl (C=O) groups excluding carboxylic acids is 1. The number of hydrogen-bond acceptors (Lipinski definition) is 4. The van der Waals surface area contributed by atoms with Gasteiger partial charge in [0.15, 0.2) is 0 Å². The van der Waals surface area contributed by atoms with Crippen LogP contribution in [0.1, 0.15) is 36.0 Å². The lowest BCUT2D eigenvalue weighted by Gasteiger charge is -2.33. The average molecular weight is 292 g/mol. The molecule has 0 atom stereocenters. The predicted octanol–water partition coefficient (Wildman–Crippen LogP) is 2.05. The lowest BCUT2D eigenvalue weighted by Crippen LogP contribution is -2.41. The minimum absolute atomic E-state index is 0.0359. The van der Waals surface area contributed by atoms with Gasteiger partial charge in [-0.1, -0.05) is 0 Å². The maximum absolute atomic E-state index is 12.7. The average Bonchev–Trinajstić information content (AvgIpc) is 2.53. The van der Waals surface area contributed by atoms with Crippen molar-refractivity contribution in [2.45, 2.75) is 37.8 Å². The molecule has 0 radical (unpaired) electrons. The summed E-state index contributed by atoms with van der Waals surface area (Å²) in [5.74, 6) is 1.18. The van der Waals surface area contributed by atoms with Gasteiger partial charge >= 0.3 is 0 Å². The highest BCUT2D eigenvalue weighted by atomic mass is 16.5. The van der Waals surface area contributed by atoms with Gasteiger partial charge in [0.05, 0.1) is 19.8 Å². The van der Waals surface area contributed by atoms with E-state index in [-0.39, 0.29) is 18.0 Å². The molecule has 1 aliphatic rings. The molecule has 5 nitrogen and oxygen atoms in total. The van der Waals surface area contributed by atoms with Gasteiger partial charge in [-0.15, -0.1) is 0 Å². The monoisotopic (exact) mass is 292 g/mol. The molecule has 2 N–H and O–H groups in total. The number of methoxy groups -OCH3 is 2. The topological polar surface area (TPSA) is 64.8 Å². The second kappa shape index (κ2) is 6.80. The Hall–Kier alpha value is -1.75. The molecule has 5 heteroatoms. The highest BCUT2D eigenvalue weighted by Gasteiger charge is 2.27. The molecular formula is C16H24N2O3. The summed E-state index contributed by atoms with van der Waals surface area (Å²) in [4.78, 5) is 14.5. The van der Waals surface area contributed by atoms with E-state index in [4.69, 9.17) is 15.2 Å². The number of carbonyl (C=O) groups is 1. The first-order valence-electron chi connectivity index (χ1n) is 7.31. The fraction of sp³-hybridized carbons (Fsp3) is 0.562. The van der Waals surface area contributed by atoms with E-state index < -0.39 is 0 Å². The van der Waals surface area contributed by atoms with E-state index in [1.165, 1.54) is 0 Å². The van der Waals surface area contributed by atoms with Crippen molar-refractivity contribution in [1.29, 1.82) is 0 Å². The number of benzene rings is 1. The molecule has 0 aliphatic heterocycles. The molecule has 2 rings (SSSR count). The van der Waals surface area contributed by atoms with Crippen LogP contribution in [0.2, 0.25) is 0 Å². The molecule has 1 aliphatic carbocycles. The molecular weight excluding hydrogens is 268 g/mol. The molecule has 116 valence electrons. The number of rotatable bonds is 4. The molecule has 1 amide bonds. The van der Waals surface area contributed by atoms with Gasteiger partial charge < -0.3 is 20.1 Å². The molecule has 1 saturated carbocycles. The lowest BCUT2D eigenvalue weighted by atomic mass is 9.90. The smallest absolute Gasteiger partial charge is 0.257 e. The van der Waals surface area contributed by atoms with Crippen LogP contribution in [-0.2, 0) is 0 Å². The summed E-state index contributed by atoms with van der Waals surface area (Å²) in [7, 11) is 5.00. The molecule has 1 aromatic carbocycles. The van der Waals surface area contributed by atoms with Gasteiger partial charge in [0, 0.05) is 19.1 Å². The Morgan fingerprint density at radius 1 is 1.19 bits per heavy atom. The number of ether oxygens (including phenoxy) is 2. The van der Waals surface area contributed by atoms with Crippen LogP contribution in [0.4, 0.5) is 0 Å². The highest BCUT2D eigenvalue weighted by Crippen LogP contribution is 2.28. The summed E-state index contributed by atoms with van der Waals surface area (Å²) in [5.41, 5.74) is 6.46. The zero-order valence-electron chi connectivity index (χ0n) is 13.0. The van der Waals surface area contributed by atoms with Crippen molar-refractivity contribution >= 4 is 5.91 Å². The molecule has 0 heterocycles. The van der Waals surface area contributed by atoms with Crippen LogP contribution in [0.3, 0.4) is 0 Å². The van der Waals surface area contributed by atoms with Crippen LogP contribution in [0.25, 0.3) is 0 Å². The first-order chi connectivity index (χ1) is 10.1. The lowest BCUT2D eigenvalue weighted by molar-refractivity contribution is 0.0686. The zero-order valence-corrected chi connectivity index (χ0v) is 13.0. The second-order valence-corrected chi connectivity index (χ2v) is 5.55. The van der Waals surface area contributed by atoms with Crippen LogP contribution in [0.5, 0.6) is 11.5 Å². The quantitative estimate of drug-likeness (QED) is 0.922. The Labute approximate surface area is 126 Å². The van der Waals surface area contributed by atoms with Crippen molar-refractivity contribution in [3.63, 3.8) is 0 Å². The minimum atomic E-state index is -0.0359. The van der Waals surface area contributed by atoms with E-state index in [1.807, 2.05) is 11.9 Å². The molecule has 0 bridgehead atoms. The fourth-order valence-corrected chi connectivity index (χ4v) is 2.83. The minimum Gasteiger partial charge on any atom is -0.497 e. The van der Waals surface area contributed by atoms with Gasteiger partial charge in [0.25, 0.3) is 5.91 Å². The van der Waals surface area contributed by atoms with E-state index in [0.717, 1.165) is 25.7 Å². The summed E-state index contributed by atoms with van der Waals surface area (Å²) in [6.07, 6.45) is 3.85. The van der Waals surface area contributed by atoms with Crippen molar-refractivity contribution in [3.8, 4) is 11.5 Å². The van der Waals surface area contributed by atoms with Gasteiger partial charge in [0.1, 0.15) is 11.5 Å². The van der Waals surface area contributed by atoms with Crippen molar-refractivity contribution < 1.29 is 14.3 Å². The summed E-state index contributed by atoms with van der Waals surface area (Å²) in [6.45, 7) is 0. The number of nitrogens with two attached hydrogens (primary N) is 1. The van der Waals surface area contributed by atoms with Crippen LogP contribution in [0.15, 0.2) is 18.2 Å². The Bertz CT molecular complexity index is 496. The number of amides is 1. The van der Waals surface area contributed by atoms with E-state index in [0.29, 0.717) is 17.1 Å². The van der Waals surface area contributed by atoms with E-state index in [2.05, 4.69) is 0 Å². The second-order valence-electron chi connectivity index (χ2n) is 5.55. The predicted molar refractivity (Wildman–Crippen MR) is 81.9 cm³/mol. The summed E-state index contributed by atoms with van der Waals surface area (Å²) in [5, 5.41) is 0. The van der Waals surface area contributed by atoms with Gasteiger partial charge in [-0.2, -0.15) is 0 Å². The van der Waals surface area contributed by atoms with Crippen molar-refractivity contribution in [2.75, 3.05) is 21.3 Å². The molecule has 0 saturated heterocycles. The molecule has 0 unspecified atom stereocenters. The molecule has 1 fully saturated rings. The van der Waals surface area contributed by atoms with E-state index in [1.54, 1.807) is 32.4 Å². The van der Waals surface area contributed by atoms with Crippen molar-refractivity contribution in [2.24, 2.45) is 5.73 Å². The van der Waals surface area contributed by atoms with Gasteiger partial charge in [-0.05, 0) is 43.9 Å². The van der Waals surface area contributed by atoms with Gasteiger partial charge in [-0.25, -0.2) is 0 Å². The standard InChI is InChI=1S/C16H24N2O3/c1-18(12-6-4-11(17)5-7-12)16(19)14-10-13(20-2)8-9-15(14)21-3/h8-12H,4-7,17H2,1-3H3. The Balaban J connectivity index is 2.18. The summed E-state index contributed by atoms with van der Waals surface area (Å²) >= 11 is 0. The third kappa shape index (κ3) is 3.47. The summed E-state index contributed by atoms with van der Waals surface area (Å²) in [6, 6.07) is 5.79. The van der Waals surface area contributed by atoms with Crippen LogP contribution in [-0.4, -0.2) is 44.2 Å². The largest absolute Gasteiger partial charge is 0.497 e. The van der Waals surface area contributed by atoms with Crippen LogP contribution < -0.4 is 15.2 Å². The molecule has 0 spiro atoms. The zero-order chi connectivity index (χ0) is 15.4. The van der Waals surface area contributed by atoms with Crippen molar-refractivity contribution in [1.82, 2.24) is 4.90 Å². The first kappa shape index (κ1) is 15.6. The normalized spacial score (nSPS) is 21.7.